The molecule has 1 aromatic carbocycles. The van der Waals surface area contributed by atoms with Crippen LogP contribution in [0.25, 0.3) is 0 Å². The van der Waals surface area contributed by atoms with Crippen LogP contribution in [0, 0.1) is 5.82 Å². The Labute approximate surface area is 107 Å². The fraction of sp³-hybridized carbons (Fsp3) is 0.333. The summed E-state index contributed by atoms with van der Waals surface area (Å²) in [5, 5.41) is 4.80. The molecule has 2 atom stereocenters. The van der Waals surface area contributed by atoms with Crippen LogP contribution in [-0.4, -0.2) is 21.0 Å². The molecule has 18 heavy (non-hydrogen) atoms. The van der Waals surface area contributed by atoms with Gasteiger partial charge in [0, 0.05) is 6.42 Å². The molecule has 3 rings (SSSR count). The van der Waals surface area contributed by atoms with Gasteiger partial charge in [0.25, 0.3) is 0 Å². The van der Waals surface area contributed by atoms with E-state index in [1.165, 1.54) is 23.9 Å². The fourth-order valence-electron chi connectivity index (χ4n) is 2.24. The molecule has 0 amide bonds. The molecule has 0 saturated heterocycles. The van der Waals surface area contributed by atoms with E-state index in [1.807, 2.05) is 6.26 Å². The van der Waals surface area contributed by atoms with Gasteiger partial charge in [-0.15, -0.1) is 5.10 Å². The van der Waals surface area contributed by atoms with Gasteiger partial charge < -0.3 is 0 Å². The van der Waals surface area contributed by atoms with Crippen molar-refractivity contribution in [3.63, 3.8) is 0 Å². The Morgan fingerprint density at radius 3 is 3.00 bits per heavy atom. The number of benzene rings is 1. The molecule has 0 unspecified atom stereocenters. The molecule has 94 valence electrons. The maximum absolute atomic E-state index is 13.9. The van der Waals surface area contributed by atoms with Gasteiger partial charge in [-0.2, -0.15) is 0 Å². The van der Waals surface area contributed by atoms with Crippen LogP contribution in [0.1, 0.15) is 30.0 Å². The van der Waals surface area contributed by atoms with Crippen LogP contribution in [0.15, 0.2) is 29.4 Å². The van der Waals surface area contributed by atoms with E-state index in [1.54, 1.807) is 16.8 Å². The predicted octanol–water partition coefficient (Wildman–Crippen LogP) is 3.14. The summed E-state index contributed by atoms with van der Waals surface area (Å²) in [6.45, 7) is 0. The average molecular weight is 267 g/mol. The van der Waals surface area contributed by atoms with Gasteiger partial charge in [-0.25, -0.2) is 18.4 Å². The molecule has 0 bridgehead atoms. The Morgan fingerprint density at radius 2 is 2.28 bits per heavy atom. The Kier molecular flexibility index (Phi) is 2.81. The zero-order valence-electron chi connectivity index (χ0n) is 9.68. The minimum Gasteiger partial charge on any atom is -0.239 e. The lowest BCUT2D eigenvalue weighted by atomic mass is 10.0. The maximum atomic E-state index is 13.9. The van der Waals surface area contributed by atoms with Gasteiger partial charge in [0.1, 0.15) is 5.82 Å². The molecule has 6 heteroatoms. The first-order chi connectivity index (χ1) is 8.69. The summed E-state index contributed by atoms with van der Waals surface area (Å²) in [5.74, 6) is 0.0233. The zero-order valence-corrected chi connectivity index (χ0v) is 10.5. The van der Waals surface area contributed by atoms with Gasteiger partial charge in [-0.05, 0) is 24.0 Å². The standard InChI is InChI=1S/C12H11F2N3S/c1-18-12-15-11-9(14)6-10(17(11)16-12)7-3-2-4-8(13)5-7/h2-5,9-10H,6H2,1H3/t9-,10-/m0/s1. The molecule has 2 aromatic rings. The van der Waals surface area contributed by atoms with Crippen LogP contribution in [0.4, 0.5) is 8.78 Å². The first-order valence-electron chi connectivity index (χ1n) is 5.59. The van der Waals surface area contributed by atoms with Gasteiger partial charge in [0.05, 0.1) is 6.04 Å². The van der Waals surface area contributed by atoms with Crippen molar-refractivity contribution in [3.8, 4) is 0 Å². The average Bonchev–Trinajstić information content (AvgIpc) is 2.90. The second-order valence-electron chi connectivity index (χ2n) is 4.18. The summed E-state index contributed by atoms with van der Waals surface area (Å²) in [6, 6.07) is 5.95. The normalized spacial score (nSPS) is 22.2. The highest BCUT2D eigenvalue weighted by molar-refractivity contribution is 7.98. The molecule has 0 spiro atoms. The maximum Gasteiger partial charge on any atom is 0.208 e. The van der Waals surface area contributed by atoms with Crippen molar-refractivity contribution in [2.24, 2.45) is 0 Å². The van der Waals surface area contributed by atoms with E-state index in [-0.39, 0.29) is 18.3 Å². The van der Waals surface area contributed by atoms with Gasteiger partial charge in [-0.1, -0.05) is 23.9 Å². The van der Waals surface area contributed by atoms with Gasteiger partial charge >= 0.3 is 0 Å². The quantitative estimate of drug-likeness (QED) is 0.783. The number of rotatable bonds is 2. The number of hydrogen-bond acceptors (Lipinski definition) is 3. The van der Waals surface area contributed by atoms with Crippen molar-refractivity contribution >= 4 is 11.8 Å². The number of thioether (sulfide) groups is 1. The van der Waals surface area contributed by atoms with E-state index in [9.17, 15) is 8.78 Å². The summed E-state index contributed by atoms with van der Waals surface area (Å²) in [7, 11) is 0. The number of alkyl halides is 1. The van der Waals surface area contributed by atoms with Gasteiger partial charge in [0.2, 0.25) is 5.16 Å². The number of halogens is 2. The predicted molar refractivity (Wildman–Crippen MR) is 64.8 cm³/mol. The summed E-state index contributed by atoms with van der Waals surface area (Å²) in [6.07, 6.45) is 0.981. The molecule has 3 nitrogen and oxygen atoms in total. The second kappa shape index (κ2) is 4.35. The molecule has 1 aliphatic heterocycles. The van der Waals surface area contributed by atoms with Crippen LogP contribution in [0.5, 0.6) is 0 Å². The van der Waals surface area contributed by atoms with Crippen molar-refractivity contribution in [1.29, 1.82) is 0 Å². The Bertz CT molecular complexity index is 584. The van der Waals surface area contributed by atoms with E-state index in [4.69, 9.17) is 0 Å². The Hall–Kier alpha value is -1.43. The van der Waals surface area contributed by atoms with Crippen molar-refractivity contribution in [2.75, 3.05) is 6.26 Å². The van der Waals surface area contributed by atoms with E-state index in [0.29, 0.717) is 11.0 Å². The Balaban J connectivity index is 2.04. The third-order valence-electron chi connectivity index (χ3n) is 3.06. The van der Waals surface area contributed by atoms with E-state index >= 15 is 0 Å². The van der Waals surface area contributed by atoms with Crippen LogP contribution in [-0.2, 0) is 0 Å². The highest BCUT2D eigenvalue weighted by Crippen LogP contribution is 2.40. The molecule has 2 heterocycles. The van der Waals surface area contributed by atoms with Crippen LogP contribution in [0.3, 0.4) is 0 Å². The molecule has 0 fully saturated rings. The molecular formula is C12H11F2N3S. The third-order valence-corrected chi connectivity index (χ3v) is 3.60. The lowest BCUT2D eigenvalue weighted by molar-refractivity contribution is 0.327. The van der Waals surface area contributed by atoms with Crippen molar-refractivity contribution in [1.82, 2.24) is 14.8 Å². The number of aromatic nitrogens is 3. The first-order valence-corrected chi connectivity index (χ1v) is 6.81. The molecule has 1 aromatic heterocycles. The second-order valence-corrected chi connectivity index (χ2v) is 4.95. The molecule has 0 N–H and O–H groups in total. The van der Waals surface area contributed by atoms with Crippen molar-refractivity contribution in [2.45, 2.75) is 23.8 Å². The van der Waals surface area contributed by atoms with Crippen LogP contribution < -0.4 is 0 Å². The van der Waals surface area contributed by atoms with E-state index < -0.39 is 6.17 Å². The third kappa shape index (κ3) is 1.80. The molecule has 0 saturated carbocycles. The lowest BCUT2D eigenvalue weighted by Gasteiger charge is -2.11. The van der Waals surface area contributed by atoms with Crippen LogP contribution >= 0.6 is 11.8 Å². The number of fused-ring (bicyclic) bond motifs is 1. The van der Waals surface area contributed by atoms with Crippen LogP contribution in [0.2, 0.25) is 0 Å². The molecule has 0 radical (unpaired) electrons. The highest BCUT2D eigenvalue weighted by atomic mass is 32.2. The first kappa shape index (κ1) is 11.6. The number of nitrogens with zero attached hydrogens (tertiary/aromatic N) is 3. The SMILES string of the molecule is CSc1nc2n(n1)[C@H](c1cccc(F)c1)C[C@@H]2F. The van der Waals surface area contributed by atoms with Crippen molar-refractivity contribution in [3.05, 3.63) is 41.5 Å². The summed E-state index contributed by atoms with van der Waals surface area (Å²) < 4.78 is 28.7. The Morgan fingerprint density at radius 1 is 1.44 bits per heavy atom. The smallest absolute Gasteiger partial charge is 0.208 e. The summed E-state index contributed by atoms with van der Waals surface area (Å²) in [4.78, 5) is 4.13. The zero-order chi connectivity index (χ0) is 12.7. The number of hydrogen-bond donors (Lipinski definition) is 0. The minimum absolute atomic E-state index is 0.265. The van der Waals surface area contributed by atoms with E-state index in [0.717, 1.165) is 5.56 Å². The summed E-state index contributed by atoms with van der Waals surface area (Å²) >= 11 is 1.37. The van der Waals surface area contributed by atoms with Gasteiger partial charge in [0.15, 0.2) is 12.0 Å². The van der Waals surface area contributed by atoms with Crippen molar-refractivity contribution < 1.29 is 8.78 Å². The van der Waals surface area contributed by atoms with Gasteiger partial charge in [-0.3, -0.25) is 0 Å². The lowest BCUT2D eigenvalue weighted by Crippen LogP contribution is -2.07. The molecule has 0 aliphatic carbocycles. The largest absolute Gasteiger partial charge is 0.239 e. The monoisotopic (exact) mass is 267 g/mol. The fourth-order valence-corrected chi connectivity index (χ4v) is 2.59. The summed E-state index contributed by atoms with van der Waals surface area (Å²) in [5.41, 5.74) is 0.731. The minimum atomic E-state index is -1.13. The molecular weight excluding hydrogens is 256 g/mol. The van der Waals surface area contributed by atoms with E-state index in [2.05, 4.69) is 10.1 Å². The highest BCUT2D eigenvalue weighted by Gasteiger charge is 2.35. The molecule has 1 aliphatic rings. The topological polar surface area (TPSA) is 30.7 Å².